The molecule has 0 amide bonds. The van der Waals surface area contributed by atoms with Crippen LogP contribution in [0.15, 0.2) is 0 Å². The molecule has 0 aliphatic carbocycles. The van der Waals surface area contributed by atoms with Gasteiger partial charge in [0.25, 0.3) is 0 Å². The molecule has 0 spiro atoms. The van der Waals surface area contributed by atoms with Crippen molar-refractivity contribution >= 4 is 41.8 Å². The van der Waals surface area contributed by atoms with Crippen molar-refractivity contribution < 1.29 is 0 Å². The summed E-state index contributed by atoms with van der Waals surface area (Å²) in [6, 6.07) is 0. The van der Waals surface area contributed by atoms with Crippen LogP contribution in [-0.4, -0.2) is 16.0 Å². The van der Waals surface area contributed by atoms with Crippen LogP contribution in [0.25, 0.3) is 0 Å². The van der Waals surface area contributed by atoms with E-state index >= 15 is 0 Å². The first-order chi connectivity index (χ1) is 6.08. The van der Waals surface area contributed by atoms with Gasteiger partial charge in [-0.2, -0.15) is 0 Å². The van der Waals surface area contributed by atoms with Gasteiger partial charge in [-0.3, -0.25) is 25.8 Å². The predicted molar refractivity (Wildman–Crippen MR) is 71.4 cm³/mol. The minimum Gasteiger partial charge on any atom is -0.280 e. The summed E-state index contributed by atoms with van der Waals surface area (Å²) in [5.74, 6) is 1.56. The second-order valence-electron chi connectivity index (χ2n) is 3.65. The average Bonchev–Trinajstić information content (AvgIpc) is 2.05. The number of halogens is 2. The van der Waals surface area contributed by atoms with Gasteiger partial charge < -0.3 is 0 Å². The maximum atomic E-state index is 3.96. The van der Waals surface area contributed by atoms with E-state index in [0.29, 0.717) is 5.92 Å². The van der Waals surface area contributed by atoms with Crippen molar-refractivity contribution in [3.63, 3.8) is 0 Å². The third-order valence-electron chi connectivity index (χ3n) is 2.09. The van der Waals surface area contributed by atoms with Gasteiger partial charge in [-0.15, -0.1) is 0 Å². The summed E-state index contributed by atoms with van der Waals surface area (Å²) in [4.78, 5) is 0. The molecule has 0 rings (SSSR count). The summed E-state index contributed by atoms with van der Waals surface area (Å²) in [6.07, 6.45) is 5.37. The van der Waals surface area contributed by atoms with Crippen LogP contribution in [0.3, 0.4) is 0 Å². The summed E-state index contributed by atoms with van der Waals surface area (Å²) in [5.41, 5.74) is 0. The smallest absolute Gasteiger partial charge is 0.280 e. The third-order valence-corrected chi connectivity index (χ3v) is 2.09. The van der Waals surface area contributed by atoms with Crippen LogP contribution in [0.2, 0.25) is 0 Å². The topological polar surface area (TPSA) is 0 Å². The van der Waals surface area contributed by atoms with Crippen molar-refractivity contribution in [1.29, 1.82) is 0 Å². The van der Waals surface area contributed by atoms with Crippen LogP contribution in [0.5, 0.6) is 0 Å². The average molecular weight is 325 g/mol. The molecule has 0 aromatic rings. The second-order valence-corrected chi connectivity index (χ2v) is 11.7. The molecule has 0 N–H and O–H groups in total. The van der Waals surface area contributed by atoms with E-state index in [1.807, 2.05) is 0 Å². The molecule has 0 heterocycles. The molecule has 2 atom stereocenters. The Morgan fingerprint density at radius 3 is 2.00 bits per heavy atom. The van der Waals surface area contributed by atoms with Crippen LogP contribution >= 0.6 is 25.8 Å². The van der Waals surface area contributed by atoms with E-state index in [1.54, 1.807) is 0 Å². The largest absolute Gasteiger partial charge is 0.560 e. The number of hydrogen-bond donors (Lipinski definition) is 0. The van der Waals surface area contributed by atoms with E-state index in [4.69, 9.17) is 0 Å². The van der Waals surface area contributed by atoms with Gasteiger partial charge in [-0.05, 0) is 11.8 Å². The maximum absolute atomic E-state index is 3.96. The van der Waals surface area contributed by atoms with Crippen molar-refractivity contribution in [2.24, 2.45) is 11.8 Å². The normalized spacial score (nSPS) is 11.6. The molecular formula is C10H21Br2Mg. The van der Waals surface area contributed by atoms with Crippen molar-refractivity contribution in [1.82, 2.24) is 0 Å². The summed E-state index contributed by atoms with van der Waals surface area (Å²) in [6.45, 7) is 10.7. The summed E-state index contributed by atoms with van der Waals surface area (Å²) < 4.78 is 0. The van der Waals surface area contributed by atoms with E-state index in [2.05, 4.69) is 53.5 Å². The van der Waals surface area contributed by atoms with Gasteiger partial charge in [-0.1, -0.05) is 53.4 Å². The Labute approximate surface area is 106 Å². The van der Waals surface area contributed by atoms with Crippen LogP contribution in [-0.2, 0) is 0 Å². The van der Waals surface area contributed by atoms with Crippen LogP contribution in [0, 0.1) is 18.8 Å². The highest BCUT2D eigenvalue weighted by Gasteiger charge is 1.99. The van der Waals surface area contributed by atoms with Crippen molar-refractivity contribution in [3.8, 4) is 0 Å². The number of rotatable bonds is 5. The first-order valence-electron chi connectivity index (χ1n) is 5.03. The Bertz CT molecular complexity index is 87.0. The highest BCUT2D eigenvalue weighted by Crippen LogP contribution is 2.13. The van der Waals surface area contributed by atoms with Gasteiger partial charge in [0.15, 0.2) is 0 Å². The molecule has 77 valence electrons. The Hall–Kier alpha value is 1.73. The quantitative estimate of drug-likeness (QED) is 0.625. The van der Waals surface area contributed by atoms with E-state index in [9.17, 15) is 0 Å². The van der Waals surface area contributed by atoms with Crippen LogP contribution in [0.1, 0.15) is 46.5 Å². The molecule has 0 nitrogen and oxygen atoms in total. The molecule has 0 aliphatic rings. The lowest BCUT2D eigenvalue weighted by atomic mass is 9.98. The minimum atomic E-state index is 0.0417. The zero-order valence-corrected chi connectivity index (χ0v) is 13.7. The Balaban J connectivity index is 0. The molecule has 13 heavy (non-hydrogen) atoms. The zero-order chi connectivity index (χ0) is 10.7. The molecule has 0 fully saturated rings. The molecule has 0 bridgehead atoms. The first-order valence-corrected chi connectivity index (χ1v) is 12.8. The fraction of sp³-hybridized carbons (Fsp3) is 0.900. The standard InChI is InChI=1S/C10H21.2BrH.Mg/c1-5-10(4)8-6-7-9(2)3;;;/h9-10H,2,5-8H2,1,3-4H3;2*1H;/q;;;+2/p-2. The fourth-order valence-electron chi connectivity index (χ4n) is 1.02. The molecule has 0 aromatic heterocycles. The molecule has 0 aliphatic heterocycles. The highest BCUT2D eigenvalue weighted by atomic mass is 79.9. The SMILES string of the molecule is [Br][Mg][Br].[CH2]C(C)CCCC(C)CC. The van der Waals surface area contributed by atoms with Crippen LogP contribution < -0.4 is 0 Å². The Morgan fingerprint density at radius 2 is 1.69 bits per heavy atom. The summed E-state index contributed by atoms with van der Waals surface area (Å²) in [5, 5.41) is 0. The lowest BCUT2D eigenvalue weighted by molar-refractivity contribution is 0.461. The molecule has 1 radical (unpaired) electrons. The van der Waals surface area contributed by atoms with E-state index in [1.165, 1.54) is 25.7 Å². The van der Waals surface area contributed by atoms with E-state index in [-0.39, 0.29) is 16.0 Å². The second kappa shape index (κ2) is 13.7. The van der Waals surface area contributed by atoms with Gasteiger partial charge in [0.05, 0.1) is 0 Å². The van der Waals surface area contributed by atoms with Gasteiger partial charge >= 0.3 is 16.0 Å². The van der Waals surface area contributed by atoms with Crippen molar-refractivity contribution in [2.45, 2.75) is 46.5 Å². The minimum absolute atomic E-state index is 0.0417. The molecular weight excluding hydrogens is 304 g/mol. The Kier molecular flexibility index (Phi) is 18.1. The number of hydrogen-bond acceptors (Lipinski definition) is 0. The lowest BCUT2D eigenvalue weighted by Crippen LogP contribution is -1.94. The summed E-state index contributed by atoms with van der Waals surface area (Å²) in [7, 11) is 0. The lowest BCUT2D eigenvalue weighted by Gasteiger charge is -2.08. The van der Waals surface area contributed by atoms with E-state index < -0.39 is 0 Å². The molecule has 0 saturated heterocycles. The zero-order valence-electron chi connectivity index (χ0n) is 9.15. The third kappa shape index (κ3) is 20.0. The Morgan fingerprint density at radius 1 is 1.23 bits per heavy atom. The van der Waals surface area contributed by atoms with E-state index in [0.717, 1.165) is 5.92 Å². The molecule has 0 saturated carbocycles. The van der Waals surface area contributed by atoms with Gasteiger partial charge in [0.2, 0.25) is 0 Å². The predicted octanol–water partition coefficient (Wildman–Crippen LogP) is 4.98. The van der Waals surface area contributed by atoms with Gasteiger partial charge in [0, 0.05) is 0 Å². The fourth-order valence-corrected chi connectivity index (χ4v) is 1.02. The molecule has 0 aromatic carbocycles. The molecule has 2 unspecified atom stereocenters. The van der Waals surface area contributed by atoms with Crippen molar-refractivity contribution in [2.75, 3.05) is 0 Å². The maximum Gasteiger partial charge on any atom is 0.560 e. The van der Waals surface area contributed by atoms with Crippen LogP contribution in [0.4, 0.5) is 0 Å². The van der Waals surface area contributed by atoms with Gasteiger partial charge in [-0.25, -0.2) is 0 Å². The monoisotopic (exact) mass is 323 g/mol. The highest BCUT2D eigenvalue weighted by molar-refractivity contribution is 9.47. The summed E-state index contributed by atoms with van der Waals surface area (Å²) >= 11 is 6.44. The van der Waals surface area contributed by atoms with Crippen molar-refractivity contribution in [3.05, 3.63) is 6.92 Å². The molecule has 3 heteroatoms. The first kappa shape index (κ1) is 17.1. The van der Waals surface area contributed by atoms with Gasteiger partial charge in [0.1, 0.15) is 0 Å².